The van der Waals surface area contributed by atoms with E-state index in [0.29, 0.717) is 19.6 Å². The summed E-state index contributed by atoms with van der Waals surface area (Å²) in [5.74, 6) is 0.00541. The van der Waals surface area contributed by atoms with Crippen LogP contribution in [-0.4, -0.2) is 52.4 Å². The van der Waals surface area contributed by atoms with Crippen LogP contribution in [0.25, 0.3) is 28.2 Å². The smallest absolute Gasteiger partial charge is 0.228 e. The zero-order valence-corrected chi connectivity index (χ0v) is 19.5. The molecule has 8 nitrogen and oxygen atoms in total. The van der Waals surface area contributed by atoms with Crippen LogP contribution in [0, 0.1) is 5.82 Å². The molecule has 0 bridgehead atoms. The lowest BCUT2D eigenvalue weighted by atomic mass is 10.0. The van der Waals surface area contributed by atoms with Crippen LogP contribution >= 0.6 is 0 Å². The van der Waals surface area contributed by atoms with Crippen LogP contribution in [0.5, 0.6) is 0 Å². The number of ether oxygens (including phenoxy) is 2. The number of imidazole rings is 1. The summed E-state index contributed by atoms with van der Waals surface area (Å²) in [5.41, 5.74) is 5.86. The van der Waals surface area contributed by atoms with Crippen molar-refractivity contribution in [3.8, 4) is 22.5 Å². The van der Waals surface area contributed by atoms with E-state index >= 15 is 0 Å². The molecule has 182 valence electrons. The van der Waals surface area contributed by atoms with E-state index in [9.17, 15) is 9.18 Å². The Kier molecular flexibility index (Phi) is 4.83. The number of hydrogen-bond donors (Lipinski definition) is 1. The third-order valence-corrected chi connectivity index (χ3v) is 7.28. The molecule has 2 aromatic heterocycles. The van der Waals surface area contributed by atoms with Gasteiger partial charge >= 0.3 is 0 Å². The Hall–Kier alpha value is -3.82. The summed E-state index contributed by atoms with van der Waals surface area (Å²) in [6.07, 6.45) is 5.56. The predicted octanol–water partition coefficient (Wildman–Crippen LogP) is 4.04. The Morgan fingerprint density at radius 3 is 2.53 bits per heavy atom. The lowest BCUT2D eigenvalue weighted by molar-refractivity contribution is -0.169. The Balaban J connectivity index is 1.36. The van der Waals surface area contributed by atoms with Crippen molar-refractivity contribution in [1.29, 1.82) is 0 Å². The van der Waals surface area contributed by atoms with E-state index in [1.165, 1.54) is 12.1 Å². The Labute approximate surface area is 206 Å². The van der Waals surface area contributed by atoms with Crippen LogP contribution in [-0.2, 0) is 20.7 Å². The highest BCUT2D eigenvalue weighted by Gasteiger charge is 2.40. The molecule has 7 rings (SSSR count). The van der Waals surface area contributed by atoms with Crippen molar-refractivity contribution in [1.82, 2.24) is 14.4 Å². The maximum atomic E-state index is 13.7. The van der Waals surface area contributed by atoms with Gasteiger partial charge in [-0.1, -0.05) is 6.07 Å². The molecule has 0 saturated carbocycles. The van der Waals surface area contributed by atoms with Crippen LogP contribution in [0.1, 0.15) is 18.4 Å². The molecule has 2 saturated heterocycles. The molecule has 1 spiro atoms. The Bertz CT molecular complexity index is 1480. The second-order valence-electron chi connectivity index (χ2n) is 9.45. The first-order valence-corrected chi connectivity index (χ1v) is 12.2. The van der Waals surface area contributed by atoms with Crippen molar-refractivity contribution < 1.29 is 18.7 Å². The molecule has 9 heteroatoms. The normalized spacial score (nSPS) is 18.7. The van der Waals surface area contributed by atoms with Crippen LogP contribution in [0.15, 0.2) is 54.9 Å². The average Bonchev–Trinajstić information content (AvgIpc) is 3.60. The van der Waals surface area contributed by atoms with Gasteiger partial charge in [-0.15, -0.1) is 0 Å². The van der Waals surface area contributed by atoms with E-state index in [0.717, 1.165) is 71.2 Å². The van der Waals surface area contributed by atoms with Crippen LogP contribution in [0.3, 0.4) is 0 Å². The zero-order chi connectivity index (χ0) is 24.3. The number of anilines is 2. The summed E-state index contributed by atoms with van der Waals surface area (Å²) in [4.78, 5) is 23.9. The number of rotatable bonds is 3. The first-order chi connectivity index (χ1) is 17.6. The van der Waals surface area contributed by atoms with Crippen LogP contribution < -0.4 is 10.2 Å². The largest absolute Gasteiger partial charge is 0.353 e. The number of carbonyl (C=O) groups excluding carboxylic acids is 1. The van der Waals surface area contributed by atoms with E-state index in [1.54, 1.807) is 18.3 Å². The Morgan fingerprint density at radius 1 is 1.00 bits per heavy atom. The molecule has 5 heterocycles. The second kappa shape index (κ2) is 8.11. The molecular formula is C27H24FN5O3. The molecule has 2 fully saturated rings. The third kappa shape index (κ3) is 3.46. The van der Waals surface area contributed by atoms with Gasteiger partial charge in [0.15, 0.2) is 17.3 Å². The minimum absolute atomic E-state index is 0.0105. The van der Waals surface area contributed by atoms with E-state index in [1.807, 2.05) is 28.8 Å². The molecule has 0 unspecified atom stereocenters. The first-order valence-electron chi connectivity index (χ1n) is 12.2. The van der Waals surface area contributed by atoms with E-state index in [2.05, 4.69) is 10.2 Å². The summed E-state index contributed by atoms with van der Waals surface area (Å²) in [6, 6.07) is 12.3. The number of amides is 1. The lowest BCUT2D eigenvalue weighted by Crippen LogP contribution is -2.45. The van der Waals surface area contributed by atoms with E-state index < -0.39 is 5.79 Å². The number of hydrogen-bond acceptors (Lipinski definition) is 6. The molecule has 3 aliphatic rings. The van der Waals surface area contributed by atoms with Crippen molar-refractivity contribution in [3.05, 3.63) is 66.2 Å². The van der Waals surface area contributed by atoms with E-state index in [-0.39, 0.29) is 11.7 Å². The number of nitrogens with one attached hydrogen (secondary N) is 1. The van der Waals surface area contributed by atoms with Gasteiger partial charge in [0, 0.05) is 55.1 Å². The molecule has 0 aliphatic carbocycles. The van der Waals surface area contributed by atoms with Crippen molar-refractivity contribution in [2.45, 2.75) is 25.0 Å². The zero-order valence-electron chi connectivity index (χ0n) is 19.5. The van der Waals surface area contributed by atoms with Crippen molar-refractivity contribution in [2.75, 3.05) is 36.5 Å². The van der Waals surface area contributed by atoms with E-state index in [4.69, 9.17) is 19.4 Å². The maximum absolute atomic E-state index is 13.7. The molecule has 1 N–H and O–H groups in total. The summed E-state index contributed by atoms with van der Waals surface area (Å²) in [5, 5.41) is 2.89. The molecule has 2 aromatic carbocycles. The van der Waals surface area contributed by atoms with Gasteiger partial charge in [0.05, 0.1) is 31.0 Å². The topological polar surface area (TPSA) is 81.0 Å². The number of aromatic nitrogens is 3. The summed E-state index contributed by atoms with van der Waals surface area (Å²) in [6.45, 7) is 2.77. The summed E-state index contributed by atoms with van der Waals surface area (Å²) < 4.78 is 27.6. The van der Waals surface area contributed by atoms with Crippen molar-refractivity contribution in [3.63, 3.8) is 0 Å². The third-order valence-electron chi connectivity index (χ3n) is 7.28. The number of fused-ring (bicyclic) bond motifs is 2. The van der Waals surface area contributed by atoms with Crippen molar-refractivity contribution >= 4 is 23.1 Å². The van der Waals surface area contributed by atoms with Gasteiger partial charge in [0.25, 0.3) is 0 Å². The maximum Gasteiger partial charge on any atom is 0.228 e. The fraction of sp³-hybridized carbons (Fsp3) is 0.296. The van der Waals surface area contributed by atoms with Gasteiger partial charge in [0.1, 0.15) is 5.82 Å². The summed E-state index contributed by atoms with van der Waals surface area (Å²) >= 11 is 0. The molecule has 0 atom stereocenters. The molecule has 1 amide bonds. The summed E-state index contributed by atoms with van der Waals surface area (Å²) in [7, 11) is 0. The number of piperidine rings is 1. The van der Waals surface area contributed by atoms with Crippen LogP contribution in [0.2, 0.25) is 0 Å². The number of halogens is 1. The fourth-order valence-electron chi connectivity index (χ4n) is 5.49. The van der Waals surface area contributed by atoms with Gasteiger partial charge in [-0.2, -0.15) is 0 Å². The number of carbonyl (C=O) groups is 1. The highest BCUT2D eigenvalue weighted by atomic mass is 19.1. The van der Waals surface area contributed by atoms with Crippen LogP contribution in [0.4, 0.5) is 15.9 Å². The van der Waals surface area contributed by atoms with Gasteiger partial charge in [-0.05, 0) is 42.0 Å². The standard InChI is InChI=1S/C27H24FN5O3/c28-20-4-1-17(2-5-20)23-24(18-3-6-21-19(15-18)16-22(34)30-21)33-12-9-29-25(26(33)31-23)32-10-7-27(8-11-32)35-13-14-36-27/h1-6,9,12,15H,7-8,10-11,13-14,16H2,(H,30,34). The molecule has 4 aromatic rings. The molecule has 3 aliphatic heterocycles. The minimum atomic E-state index is -0.475. The number of benzene rings is 2. The first kappa shape index (κ1) is 21.5. The second-order valence-corrected chi connectivity index (χ2v) is 9.45. The highest BCUT2D eigenvalue weighted by Crippen LogP contribution is 2.39. The fourth-order valence-corrected chi connectivity index (χ4v) is 5.49. The SMILES string of the molecule is O=C1Cc2cc(-c3c(-c4ccc(F)cc4)nc4c(N5CCC6(CC5)OCCO6)nccn34)ccc2N1. The lowest BCUT2D eigenvalue weighted by Gasteiger charge is -2.38. The highest BCUT2D eigenvalue weighted by molar-refractivity contribution is 6.00. The molecule has 0 radical (unpaired) electrons. The van der Waals surface area contributed by atoms with Gasteiger partial charge in [-0.25, -0.2) is 14.4 Å². The monoisotopic (exact) mass is 485 g/mol. The average molecular weight is 486 g/mol. The Morgan fingerprint density at radius 2 is 1.75 bits per heavy atom. The molecule has 36 heavy (non-hydrogen) atoms. The minimum Gasteiger partial charge on any atom is -0.353 e. The van der Waals surface area contributed by atoms with Gasteiger partial charge < -0.3 is 19.7 Å². The van der Waals surface area contributed by atoms with Gasteiger partial charge in [0.2, 0.25) is 5.91 Å². The van der Waals surface area contributed by atoms with Gasteiger partial charge in [-0.3, -0.25) is 9.20 Å². The number of nitrogens with zero attached hydrogens (tertiary/aromatic N) is 4. The quantitative estimate of drug-likeness (QED) is 0.472. The molecular weight excluding hydrogens is 461 g/mol. The van der Waals surface area contributed by atoms with Crippen molar-refractivity contribution in [2.24, 2.45) is 0 Å². The predicted molar refractivity (Wildman–Crippen MR) is 132 cm³/mol.